The summed E-state index contributed by atoms with van der Waals surface area (Å²) in [7, 11) is 0. The van der Waals surface area contributed by atoms with Gasteiger partial charge in [-0.05, 0) is 33.1 Å². The fourth-order valence-electron chi connectivity index (χ4n) is 3.55. The van der Waals surface area contributed by atoms with Gasteiger partial charge in [0.2, 0.25) is 0 Å². The lowest BCUT2D eigenvalue weighted by atomic mass is 9.63. The molecule has 2 aliphatic carbocycles. The molecule has 0 aromatic rings. The van der Waals surface area contributed by atoms with Crippen LogP contribution in [-0.2, 0) is 14.3 Å². The van der Waals surface area contributed by atoms with Crippen molar-refractivity contribution >= 4 is 5.78 Å². The van der Waals surface area contributed by atoms with Gasteiger partial charge in [0.25, 0.3) is 0 Å². The van der Waals surface area contributed by atoms with Crippen LogP contribution in [0.15, 0.2) is 24.3 Å². The monoisotopic (exact) mass is 248 g/mol. The van der Waals surface area contributed by atoms with E-state index in [2.05, 4.69) is 18.7 Å². The minimum absolute atomic E-state index is 0.0487. The maximum absolute atomic E-state index is 12.0. The van der Waals surface area contributed by atoms with Gasteiger partial charge in [-0.2, -0.15) is 0 Å². The zero-order valence-electron chi connectivity index (χ0n) is 11.1. The first-order valence-electron chi connectivity index (χ1n) is 6.70. The number of hydrogen-bond donors (Lipinski definition) is 0. The minimum Gasteiger partial charge on any atom is -0.344 e. The standard InChI is InChI=1S/C15H20O3/c1-10-11(16)6-4-8-15(10)9-5-7-12-13(15)18-14(2,3)17-12/h5,9,12-13H,1,4,6-8H2,2-3H3. The zero-order valence-corrected chi connectivity index (χ0v) is 11.1. The molecular formula is C15H20O3. The summed E-state index contributed by atoms with van der Waals surface area (Å²) in [5, 5.41) is 0. The number of rotatable bonds is 0. The summed E-state index contributed by atoms with van der Waals surface area (Å²) in [6, 6.07) is 0. The van der Waals surface area contributed by atoms with Crippen LogP contribution in [0, 0.1) is 5.41 Å². The van der Waals surface area contributed by atoms with Gasteiger partial charge >= 0.3 is 0 Å². The summed E-state index contributed by atoms with van der Waals surface area (Å²) < 4.78 is 12.0. The molecule has 2 fully saturated rings. The van der Waals surface area contributed by atoms with Crippen molar-refractivity contribution in [3.05, 3.63) is 24.3 Å². The Kier molecular flexibility index (Phi) is 2.55. The summed E-state index contributed by atoms with van der Waals surface area (Å²) in [5.74, 6) is -0.380. The second-order valence-electron chi connectivity index (χ2n) is 6.03. The smallest absolute Gasteiger partial charge is 0.163 e. The van der Waals surface area contributed by atoms with Crippen LogP contribution in [-0.4, -0.2) is 23.8 Å². The molecular weight excluding hydrogens is 228 g/mol. The molecule has 3 atom stereocenters. The molecule has 0 radical (unpaired) electrons. The quantitative estimate of drug-likeness (QED) is 0.488. The maximum atomic E-state index is 12.0. The average Bonchev–Trinajstić information content (AvgIpc) is 2.62. The Hall–Kier alpha value is -0.930. The molecule has 18 heavy (non-hydrogen) atoms. The molecule has 1 heterocycles. The van der Waals surface area contributed by atoms with E-state index in [-0.39, 0.29) is 23.4 Å². The molecule has 3 rings (SSSR count). The maximum Gasteiger partial charge on any atom is 0.163 e. The Morgan fingerprint density at radius 2 is 2.17 bits per heavy atom. The van der Waals surface area contributed by atoms with Crippen LogP contribution >= 0.6 is 0 Å². The van der Waals surface area contributed by atoms with Gasteiger partial charge in [-0.25, -0.2) is 0 Å². The molecule has 98 valence electrons. The molecule has 3 aliphatic rings. The van der Waals surface area contributed by atoms with Crippen LogP contribution in [0.3, 0.4) is 0 Å². The summed E-state index contributed by atoms with van der Waals surface area (Å²) >= 11 is 0. The molecule has 0 aromatic heterocycles. The summed E-state index contributed by atoms with van der Waals surface area (Å²) in [6.07, 6.45) is 7.58. The first-order valence-corrected chi connectivity index (χ1v) is 6.70. The van der Waals surface area contributed by atoms with Crippen LogP contribution in [0.2, 0.25) is 0 Å². The number of fused-ring (bicyclic) bond motifs is 2. The van der Waals surface area contributed by atoms with Gasteiger partial charge in [0.15, 0.2) is 11.6 Å². The predicted octanol–water partition coefficient (Wildman–Crippen LogP) is 2.76. The second-order valence-corrected chi connectivity index (χ2v) is 6.03. The lowest BCUT2D eigenvalue weighted by Gasteiger charge is -2.43. The lowest BCUT2D eigenvalue weighted by molar-refractivity contribution is -0.153. The molecule has 1 saturated carbocycles. The Balaban J connectivity index is 2.00. The lowest BCUT2D eigenvalue weighted by Crippen LogP contribution is -2.47. The third kappa shape index (κ3) is 1.61. The van der Waals surface area contributed by atoms with Crippen molar-refractivity contribution in [3.63, 3.8) is 0 Å². The molecule has 1 spiro atoms. The van der Waals surface area contributed by atoms with E-state index in [1.165, 1.54) is 0 Å². The average molecular weight is 248 g/mol. The van der Waals surface area contributed by atoms with E-state index in [0.29, 0.717) is 12.0 Å². The minimum atomic E-state index is -0.560. The Morgan fingerprint density at radius 3 is 2.94 bits per heavy atom. The van der Waals surface area contributed by atoms with E-state index in [1.807, 2.05) is 13.8 Å². The van der Waals surface area contributed by atoms with Crippen molar-refractivity contribution in [2.24, 2.45) is 5.41 Å². The van der Waals surface area contributed by atoms with Crippen molar-refractivity contribution in [2.75, 3.05) is 0 Å². The second kappa shape index (κ2) is 3.78. The molecule has 0 aromatic carbocycles. The Bertz CT molecular complexity index is 435. The van der Waals surface area contributed by atoms with Gasteiger partial charge in [-0.3, -0.25) is 4.79 Å². The van der Waals surface area contributed by atoms with E-state index in [9.17, 15) is 4.79 Å². The van der Waals surface area contributed by atoms with Gasteiger partial charge in [-0.1, -0.05) is 18.7 Å². The summed E-state index contributed by atoms with van der Waals surface area (Å²) in [6.45, 7) is 7.92. The number of Topliss-reactive ketones (excluding diaryl/α,β-unsaturated/α-hetero) is 1. The fourth-order valence-corrected chi connectivity index (χ4v) is 3.55. The molecule has 1 saturated heterocycles. The van der Waals surface area contributed by atoms with E-state index in [4.69, 9.17) is 9.47 Å². The van der Waals surface area contributed by atoms with E-state index in [0.717, 1.165) is 19.3 Å². The van der Waals surface area contributed by atoms with Crippen LogP contribution in [0.4, 0.5) is 0 Å². The molecule has 1 aliphatic heterocycles. The highest BCUT2D eigenvalue weighted by Crippen LogP contribution is 2.51. The van der Waals surface area contributed by atoms with Crippen molar-refractivity contribution in [1.82, 2.24) is 0 Å². The highest BCUT2D eigenvalue weighted by atomic mass is 16.8. The number of ether oxygens (including phenoxy) is 2. The summed E-state index contributed by atoms with van der Waals surface area (Å²) in [5.41, 5.74) is 0.382. The third-order valence-corrected chi connectivity index (χ3v) is 4.37. The van der Waals surface area contributed by atoms with Crippen LogP contribution in [0.25, 0.3) is 0 Å². The Morgan fingerprint density at radius 1 is 1.39 bits per heavy atom. The van der Waals surface area contributed by atoms with Crippen LogP contribution in [0.1, 0.15) is 39.5 Å². The highest BCUT2D eigenvalue weighted by molar-refractivity contribution is 5.97. The number of hydrogen-bond acceptors (Lipinski definition) is 3. The van der Waals surface area contributed by atoms with Gasteiger partial charge in [0, 0.05) is 17.4 Å². The highest BCUT2D eigenvalue weighted by Gasteiger charge is 2.55. The SMILES string of the molecule is C=C1C(=O)CCCC12C=CCC1OC(C)(C)OC12. The van der Waals surface area contributed by atoms with Crippen molar-refractivity contribution < 1.29 is 14.3 Å². The van der Waals surface area contributed by atoms with Crippen LogP contribution in [0.5, 0.6) is 0 Å². The molecule has 0 N–H and O–H groups in total. The molecule has 0 amide bonds. The molecule has 3 heteroatoms. The summed E-state index contributed by atoms with van der Waals surface area (Å²) in [4.78, 5) is 12.0. The van der Waals surface area contributed by atoms with Crippen molar-refractivity contribution in [3.8, 4) is 0 Å². The number of carbonyl (C=O) groups excluding carboxylic acids is 1. The van der Waals surface area contributed by atoms with Crippen LogP contribution < -0.4 is 0 Å². The van der Waals surface area contributed by atoms with Gasteiger partial charge < -0.3 is 9.47 Å². The fraction of sp³-hybridized carbons (Fsp3) is 0.667. The normalized spacial score (nSPS) is 42.3. The largest absolute Gasteiger partial charge is 0.344 e. The molecule has 3 nitrogen and oxygen atoms in total. The first kappa shape index (κ1) is 12.1. The molecule has 0 bridgehead atoms. The zero-order chi connectivity index (χ0) is 13.0. The topological polar surface area (TPSA) is 35.5 Å². The van der Waals surface area contributed by atoms with Gasteiger partial charge in [0.05, 0.1) is 6.10 Å². The van der Waals surface area contributed by atoms with E-state index >= 15 is 0 Å². The van der Waals surface area contributed by atoms with Crippen molar-refractivity contribution in [2.45, 2.75) is 57.5 Å². The Labute approximate surface area is 108 Å². The number of carbonyl (C=O) groups is 1. The van der Waals surface area contributed by atoms with E-state index < -0.39 is 5.79 Å². The molecule has 3 unspecified atom stereocenters. The first-order chi connectivity index (χ1) is 8.45. The van der Waals surface area contributed by atoms with Crippen molar-refractivity contribution in [1.29, 1.82) is 0 Å². The third-order valence-electron chi connectivity index (χ3n) is 4.37. The van der Waals surface area contributed by atoms with E-state index in [1.54, 1.807) is 0 Å². The number of ketones is 1. The predicted molar refractivity (Wildman–Crippen MR) is 68.0 cm³/mol. The van der Waals surface area contributed by atoms with Gasteiger partial charge in [0.1, 0.15) is 6.10 Å². The van der Waals surface area contributed by atoms with Gasteiger partial charge in [-0.15, -0.1) is 0 Å².